The molecule has 0 fully saturated rings. The summed E-state index contributed by atoms with van der Waals surface area (Å²) in [5.74, 6) is -0.891. The zero-order valence-electron chi connectivity index (χ0n) is 11.7. The maximum absolute atomic E-state index is 14.2. The van der Waals surface area contributed by atoms with E-state index in [0.29, 0.717) is 10.9 Å². The molecule has 0 aliphatic carbocycles. The summed E-state index contributed by atoms with van der Waals surface area (Å²) in [6.07, 6.45) is 0.634. The van der Waals surface area contributed by atoms with Gasteiger partial charge < -0.3 is 5.11 Å². The van der Waals surface area contributed by atoms with E-state index in [0.717, 1.165) is 0 Å². The van der Waals surface area contributed by atoms with Gasteiger partial charge in [-0.25, -0.2) is 12.8 Å². The lowest BCUT2D eigenvalue weighted by molar-refractivity contribution is 0.274. The first-order chi connectivity index (χ1) is 9.29. The van der Waals surface area contributed by atoms with E-state index < -0.39 is 27.3 Å². The highest BCUT2D eigenvalue weighted by atomic mass is 79.9. The average Bonchev–Trinajstić information content (AvgIpc) is 2.40. The third-order valence-electron chi connectivity index (χ3n) is 3.23. The summed E-state index contributed by atoms with van der Waals surface area (Å²) < 4.78 is 41.1. The Balaban J connectivity index is 3.45. The van der Waals surface area contributed by atoms with Gasteiger partial charge in [-0.15, -0.1) is 0 Å². The largest absolute Gasteiger partial charge is 0.392 e. The van der Waals surface area contributed by atoms with Gasteiger partial charge in [-0.2, -0.15) is 4.31 Å². The van der Waals surface area contributed by atoms with Crippen LogP contribution < -0.4 is 0 Å². The van der Waals surface area contributed by atoms with E-state index in [9.17, 15) is 12.8 Å². The van der Waals surface area contributed by atoms with Crippen LogP contribution in [0.15, 0.2) is 21.5 Å². The molecule has 0 aliphatic heterocycles. The maximum atomic E-state index is 14.2. The summed E-state index contributed by atoms with van der Waals surface area (Å²) in [5.41, 5.74) is -0.0434. The molecule has 0 heterocycles. The van der Waals surface area contributed by atoms with Gasteiger partial charge in [-0.3, -0.25) is 0 Å². The number of sulfonamides is 1. The third kappa shape index (κ3) is 3.39. The number of hydrogen-bond donors (Lipinski definition) is 1. The van der Waals surface area contributed by atoms with E-state index in [-0.39, 0.29) is 18.2 Å². The standard InChI is InChI=1S/C13H19BrFNO3S/c1-4-9(3)16(5-2)20(18,19)12-7-11(14)6-10(8-17)13(12)15/h6-7,9,17H,4-5,8H2,1-3H3. The van der Waals surface area contributed by atoms with Gasteiger partial charge in [0.1, 0.15) is 10.7 Å². The highest BCUT2D eigenvalue weighted by molar-refractivity contribution is 9.10. The van der Waals surface area contributed by atoms with Crippen LogP contribution in [-0.4, -0.2) is 30.4 Å². The number of halogens is 2. The van der Waals surface area contributed by atoms with Gasteiger partial charge in [0.25, 0.3) is 0 Å². The molecule has 0 spiro atoms. The monoisotopic (exact) mass is 367 g/mol. The quantitative estimate of drug-likeness (QED) is 0.840. The zero-order valence-corrected chi connectivity index (χ0v) is 14.1. The molecule has 0 bridgehead atoms. The van der Waals surface area contributed by atoms with Crippen molar-refractivity contribution < 1.29 is 17.9 Å². The molecule has 1 unspecified atom stereocenters. The van der Waals surface area contributed by atoms with Crippen LogP contribution in [0, 0.1) is 5.82 Å². The van der Waals surface area contributed by atoms with Crippen molar-refractivity contribution >= 4 is 26.0 Å². The minimum atomic E-state index is -3.93. The highest BCUT2D eigenvalue weighted by Gasteiger charge is 2.30. The lowest BCUT2D eigenvalue weighted by Gasteiger charge is -2.26. The zero-order chi connectivity index (χ0) is 15.5. The fourth-order valence-electron chi connectivity index (χ4n) is 1.97. The molecule has 0 aromatic heterocycles. The normalized spacial score (nSPS) is 13.8. The predicted octanol–water partition coefficient (Wildman–Crippen LogP) is 2.89. The molecule has 1 aromatic rings. The molecule has 0 amide bonds. The molecule has 1 atom stereocenters. The molecule has 114 valence electrons. The van der Waals surface area contributed by atoms with E-state index >= 15 is 0 Å². The molecular weight excluding hydrogens is 349 g/mol. The lowest BCUT2D eigenvalue weighted by atomic mass is 10.2. The number of aliphatic hydroxyl groups is 1. The van der Waals surface area contributed by atoms with Crippen molar-refractivity contribution in [2.45, 2.75) is 44.7 Å². The van der Waals surface area contributed by atoms with Gasteiger partial charge in [0.2, 0.25) is 10.0 Å². The smallest absolute Gasteiger partial charge is 0.246 e. The van der Waals surface area contributed by atoms with E-state index in [4.69, 9.17) is 5.11 Å². The summed E-state index contributed by atoms with van der Waals surface area (Å²) in [6.45, 7) is 5.08. The Bertz CT molecular complexity index is 577. The maximum Gasteiger partial charge on any atom is 0.246 e. The van der Waals surface area contributed by atoms with Crippen LogP contribution in [0.3, 0.4) is 0 Å². The van der Waals surface area contributed by atoms with Crippen LogP contribution >= 0.6 is 15.9 Å². The summed E-state index contributed by atoms with van der Waals surface area (Å²) >= 11 is 3.14. The molecule has 4 nitrogen and oxygen atoms in total. The second-order valence-electron chi connectivity index (χ2n) is 4.50. The van der Waals surface area contributed by atoms with E-state index in [1.807, 2.05) is 6.92 Å². The molecule has 0 saturated carbocycles. The van der Waals surface area contributed by atoms with Crippen LogP contribution in [0.4, 0.5) is 4.39 Å². The molecule has 0 aliphatic rings. The van der Waals surface area contributed by atoms with Crippen LogP contribution in [0.5, 0.6) is 0 Å². The Morgan fingerprint density at radius 2 is 2.00 bits per heavy atom. The number of benzene rings is 1. The van der Waals surface area contributed by atoms with Gasteiger partial charge in [0, 0.05) is 22.6 Å². The minimum Gasteiger partial charge on any atom is -0.392 e. The Kier molecular flexibility index (Phi) is 6.12. The van der Waals surface area contributed by atoms with Crippen LogP contribution in [0.25, 0.3) is 0 Å². The SMILES string of the molecule is CCC(C)N(CC)S(=O)(=O)c1cc(Br)cc(CO)c1F. The Labute approximate surface area is 127 Å². The van der Waals surface area contributed by atoms with Gasteiger partial charge in [0.05, 0.1) is 6.61 Å². The summed E-state index contributed by atoms with van der Waals surface area (Å²) in [5, 5.41) is 9.11. The molecule has 0 radical (unpaired) electrons. The van der Waals surface area contributed by atoms with Crippen LogP contribution in [0.2, 0.25) is 0 Å². The fraction of sp³-hybridized carbons (Fsp3) is 0.538. The second-order valence-corrected chi connectivity index (χ2v) is 7.28. The van der Waals surface area contributed by atoms with Crippen LogP contribution in [-0.2, 0) is 16.6 Å². The minimum absolute atomic E-state index is 0.0434. The summed E-state index contributed by atoms with van der Waals surface area (Å²) in [4.78, 5) is -0.405. The Morgan fingerprint density at radius 3 is 2.45 bits per heavy atom. The van der Waals surface area contributed by atoms with Crippen molar-refractivity contribution in [3.05, 3.63) is 28.0 Å². The third-order valence-corrected chi connectivity index (χ3v) is 5.78. The highest BCUT2D eigenvalue weighted by Crippen LogP contribution is 2.28. The molecule has 1 N–H and O–H groups in total. The van der Waals surface area contributed by atoms with E-state index in [1.165, 1.54) is 16.4 Å². The second kappa shape index (κ2) is 6.98. The number of nitrogens with zero attached hydrogens (tertiary/aromatic N) is 1. The van der Waals surface area contributed by atoms with Crippen molar-refractivity contribution in [2.24, 2.45) is 0 Å². The number of rotatable bonds is 6. The van der Waals surface area contributed by atoms with Gasteiger partial charge in [-0.05, 0) is 25.5 Å². The fourth-order valence-corrected chi connectivity index (χ4v) is 4.48. The van der Waals surface area contributed by atoms with Gasteiger partial charge in [-0.1, -0.05) is 29.8 Å². The Hall–Kier alpha value is -0.500. The van der Waals surface area contributed by atoms with Gasteiger partial charge in [0.15, 0.2) is 0 Å². The number of aliphatic hydroxyl groups excluding tert-OH is 1. The van der Waals surface area contributed by atoms with Crippen molar-refractivity contribution in [3.63, 3.8) is 0 Å². The van der Waals surface area contributed by atoms with Crippen molar-refractivity contribution in [3.8, 4) is 0 Å². The van der Waals surface area contributed by atoms with Gasteiger partial charge >= 0.3 is 0 Å². The first-order valence-electron chi connectivity index (χ1n) is 6.40. The van der Waals surface area contributed by atoms with Crippen molar-refractivity contribution in [1.29, 1.82) is 0 Å². The molecular formula is C13H19BrFNO3S. The summed E-state index contributed by atoms with van der Waals surface area (Å²) in [6, 6.07) is 2.38. The first-order valence-corrected chi connectivity index (χ1v) is 8.63. The van der Waals surface area contributed by atoms with Crippen LogP contribution in [0.1, 0.15) is 32.8 Å². The topological polar surface area (TPSA) is 57.6 Å². The molecule has 0 saturated heterocycles. The van der Waals surface area contributed by atoms with E-state index in [1.54, 1.807) is 13.8 Å². The number of hydrogen-bond acceptors (Lipinski definition) is 3. The molecule has 1 rings (SSSR count). The van der Waals surface area contributed by atoms with Crippen molar-refractivity contribution in [2.75, 3.05) is 6.54 Å². The predicted molar refractivity (Wildman–Crippen MR) is 79.3 cm³/mol. The lowest BCUT2D eigenvalue weighted by Crippen LogP contribution is -2.38. The molecule has 1 aromatic carbocycles. The average molecular weight is 368 g/mol. The van der Waals surface area contributed by atoms with Crippen molar-refractivity contribution in [1.82, 2.24) is 4.31 Å². The first kappa shape index (κ1) is 17.6. The Morgan fingerprint density at radius 1 is 1.40 bits per heavy atom. The summed E-state index contributed by atoms with van der Waals surface area (Å²) in [7, 11) is -3.93. The van der Waals surface area contributed by atoms with E-state index in [2.05, 4.69) is 15.9 Å². The molecule has 20 heavy (non-hydrogen) atoms. The molecule has 7 heteroatoms.